The second-order valence-electron chi connectivity index (χ2n) is 2.20. The van der Waals surface area contributed by atoms with Crippen molar-refractivity contribution in [3.8, 4) is 12.3 Å². The van der Waals surface area contributed by atoms with Gasteiger partial charge in [-0.05, 0) is 5.56 Å². The molecule has 1 rings (SSSR count). The minimum atomic E-state index is 0.523. The zero-order chi connectivity index (χ0) is 8.10. The fourth-order valence-corrected chi connectivity index (χ4v) is 0.920. The number of benzene rings is 1. The van der Waals surface area contributed by atoms with E-state index in [-0.39, 0.29) is 0 Å². The first-order valence-electron chi connectivity index (χ1n) is 3.35. The van der Waals surface area contributed by atoms with E-state index in [4.69, 9.17) is 6.42 Å². The van der Waals surface area contributed by atoms with Crippen molar-refractivity contribution in [3.05, 3.63) is 35.4 Å². The fraction of sp³-hybridized carbons (Fsp3) is 0.100. The number of rotatable bonds is 2. The molecule has 0 aliphatic carbocycles. The SMILES string of the molecule is C#CCc1ccccc1C=O. The molecular weight excluding hydrogens is 136 g/mol. The van der Waals surface area contributed by atoms with E-state index < -0.39 is 0 Å². The van der Waals surface area contributed by atoms with E-state index in [1.54, 1.807) is 6.07 Å². The number of terminal acetylenes is 1. The molecule has 0 saturated carbocycles. The summed E-state index contributed by atoms with van der Waals surface area (Å²) in [7, 11) is 0. The van der Waals surface area contributed by atoms with Crippen LogP contribution in [0.3, 0.4) is 0 Å². The fourth-order valence-electron chi connectivity index (χ4n) is 0.920. The number of hydrogen-bond acceptors (Lipinski definition) is 1. The van der Waals surface area contributed by atoms with Gasteiger partial charge in [-0.15, -0.1) is 12.3 Å². The number of aldehydes is 1. The summed E-state index contributed by atoms with van der Waals surface area (Å²) in [6.07, 6.45) is 6.47. The molecule has 54 valence electrons. The summed E-state index contributed by atoms with van der Waals surface area (Å²) in [5.74, 6) is 2.50. The highest BCUT2D eigenvalue weighted by molar-refractivity contribution is 5.77. The highest BCUT2D eigenvalue weighted by Crippen LogP contribution is 2.05. The third kappa shape index (κ3) is 1.68. The molecule has 1 aromatic carbocycles. The molecule has 0 fully saturated rings. The first-order chi connectivity index (χ1) is 5.38. The van der Waals surface area contributed by atoms with Crippen LogP contribution in [-0.2, 0) is 6.42 Å². The maximum absolute atomic E-state index is 10.4. The van der Waals surface area contributed by atoms with Crippen molar-refractivity contribution in [2.45, 2.75) is 6.42 Å². The quantitative estimate of drug-likeness (QED) is 0.456. The van der Waals surface area contributed by atoms with Gasteiger partial charge in [0.05, 0.1) is 0 Å². The Balaban J connectivity index is 3.04. The number of carbonyl (C=O) groups is 1. The van der Waals surface area contributed by atoms with Crippen LogP contribution in [0.4, 0.5) is 0 Å². The summed E-state index contributed by atoms with van der Waals surface area (Å²) >= 11 is 0. The van der Waals surface area contributed by atoms with Gasteiger partial charge in [0, 0.05) is 12.0 Å². The first kappa shape index (κ1) is 7.56. The minimum Gasteiger partial charge on any atom is -0.298 e. The van der Waals surface area contributed by atoms with E-state index in [9.17, 15) is 4.79 Å². The van der Waals surface area contributed by atoms with Crippen LogP contribution in [0.2, 0.25) is 0 Å². The summed E-state index contributed by atoms with van der Waals surface area (Å²) in [4.78, 5) is 10.4. The van der Waals surface area contributed by atoms with E-state index in [1.165, 1.54) is 0 Å². The summed E-state index contributed by atoms with van der Waals surface area (Å²) < 4.78 is 0. The lowest BCUT2D eigenvalue weighted by molar-refractivity contribution is 0.112. The average molecular weight is 144 g/mol. The van der Waals surface area contributed by atoms with Gasteiger partial charge in [-0.1, -0.05) is 24.3 Å². The molecule has 0 spiro atoms. The normalized spacial score (nSPS) is 8.64. The summed E-state index contributed by atoms with van der Waals surface area (Å²) in [6.45, 7) is 0. The molecule has 0 aliphatic heterocycles. The highest BCUT2D eigenvalue weighted by Gasteiger charge is 1.96. The van der Waals surface area contributed by atoms with Gasteiger partial charge in [0.1, 0.15) is 6.29 Å². The van der Waals surface area contributed by atoms with Crippen LogP contribution in [0.25, 0.3) is 0 Å². The van der Waals surface area contributed by atoms with Gasteiger partial charge < -0.3 is 0 Å². The van der Waals surface area contributed by atoms with Crippen molar-refractivity contribution in [2.75, 3.05) is 0 Å². The van der Waals surface area contributed by atoms with Crippen LogP contribution in [0.5, 0.6) is 0 Å². The lowest BCUT2D eigenvalue weighted by atomic mass is 10.1. The number of carbonyl (C=O) groups excluding carboxylic acids is 1. The molecule has 0 amide bonds. The lowest BCUT2D eigenvalue weighted by Crippen LogP contribution is -1.89. The van der Waals surface area contributed by atoms with Crippen LogP contribution in [0.15, 0.2) is 24.3 Å². The second kappa shape index (κ2) is 3.58. The Hall–Kier alpha value is -1.55. The van der Waals surface area contributed by atoms with Gasteiger partial charge in [-0.25, -0.2) is 0 Å². The minimum absolute atomic E-state index is 0.523. The Morgan fingerprint density at radius 3 is 2.82 bits per heavy atom. The van der Waals surface area contributed by atoms with Crippen LogP contribution in [-0.4, -0.2) is 6.29 Å². The highest BCUT2D eigenvalue weighted by atomic mass is 16.1. The van der Waals surface area contributed by atoms with E-state index in [0.29, 0.717) is 12.0 Å². The van der Waals surface area contributed by atoms with Gasteiger partial charge in [0.25, 0.3) is 0 Å². The molecule has 0 aliphatic rings. The van der Waals surface area contributed by atoms with E-state index in [1.807, 2.05) is 18.2 Å². The first-order valence-corrected chi connectivity index (χ1v) is 3.35. The van der Waals surface area contributed by atoms with Crippen molar-refractivity contribution >= 4 is 6.29 Å². The Bertz CT molecular complexity index is 294. The Morgan fingerprint density at radius 2 is 2.18 bits per heavy atom. The van der Waals surface area contributed by atoms with Crippen molar-refractivity contribution < 1.29 is 4.79 Å². The van der Waals surface area contributed by atoms with Crippen LogP contribution < -0.4 is 0 Å². The molecule has 11 heavy (non-hydrogen) atoms. The topological polar surface area (TPSA) is 17.1 Å². The molecule has 0 unspecified atom stereocenters. The second-order valence-corrected chi connectivity index (χ2v) is 2.20. The molecule has 0 radical (unpaired) electrons. The zero-order valence-corrected chi connectivity index (χ0v) is 6.08. The number of hydrogen-bond donors (Lipinski definition) is 0. The van der Waals surface area contributed by atoms with Crippen LogP contribution in [0, 0.1) is 12.3 Å². The van der Waals surface area contributed by atoms with E-state index >= 15 is 0 Å². The largest absolute Gasteiger partial charge is 0.298 e. The molecule has 0 atom stereocenters. The lowest BCUT2D eigenvalue weighted by Gasteiger charge is -1.97. The van der Waals surface area contributed by atoms with Crippen molar-refractivity contribution in [1.29, 1.82) is 0 Å². The van der Waals surface area contributed by atoms with Gasteiger partial charge in [0.2, 0.25) is 0 Å². The zero-order valence-electron chi connectivity index (χ0n) is 6.08. The van der Waals surface area contributed by atoms with Crippen molar-refractivity contribution in [1.82, 2.24) is 0 Å². The van der Waals surface area contributed by atoms with Crippen LogP contribution >= 0.6 is 0 Å². The molecule has 0 aromatic heterocycles. The van der Waals surface area contributed by atoms with Gasteiger partial charge in [-0.2, -0.15) is 0 Å². The predicted octanol–water partition coefficient (Wildman–Crippen LogP) is 1.67. The average Bonchev–Trinajstić information content (AvgIpc) is 2.06. The Kier molecular flexibility index (Phi) is 2.46. The molecule has 0 bridgehead atoms. The van der Waals surface area contributed by atoms with E-state index in [2.05, 4.69) is 5.92 Å². The molecule has 1 aromatic rings. The molecule has 1 nitrogen and oxygen atoms in total. The maximum Gasteiger partial charge on any atom is 0.150 e. The molecule has 1 heteroatoms. The van der Waals surface area contributed by atoms with Gasteiger partial charge >= 0.3 is 0 Å². The summed E-state index contributed by atoms with van der Waals surface area (Å²) in [5.41, 5.74) is 1.61. The maximum atomic E-state index is 10.4. The smallest absolute Gasteiger partial charge is 0.150 e. The van der Waals surface area contributed by atoms with Crippen molar-refractivity contribution in [2.24, 2.45) is 0 Å². The molecule has 0 heterocycles. The Morgan fingerprint density at radius 1 is 1.45 bits per heavy atom. The standard InChI is InChI=1S/C10H8O/c1-2-5-9-6-3-4-7-10(9)8-11/h1,3-4,6-8H,5H2. The molecule has 0 saturated heterocycles. The molecular formula is C10H8O. The summed E-state index contributed by atoms with van der Waals surface area (Å²) in [6, 6.07) is 7.33. The summed E-state index contributed by atoms with van der Waals surface area (Å²) in [5, 5.41) is 0. The van der Waals surface area contributed by atoms with Gasteiger partial charge in [-0.3, -0.25) is 4.79 Å². The van der Waals surface area contributed by atoms with Crippen molar-refractivity contribution in [3.63, 3.8) is 0 Å². The third-order valence-corrected chi connectivity index (χ3v) is 1.47. The van der Waals surface area contributed by atoms with E-state index in [0.717, 1.165) is 11.8 Å². The third-order valence-electron chi connectivity index (χ3n) is 1.47. The molecule has 0 N–H and O–H groups in total. The Labute approximate surface area is 66.1 Å². The monoisotopic (exact) mass is 144 g/mol. The predicted molar refractivity (Wildman–Crippen MR) is 44.4 cm³/mol. The van der Waals surface area contributed by atoms with Gasteiger partial charge in [0.15, 0.2) is 0 Å². The van der Waals surface area contributed by atoms with Crippen LogP contribution in [0.1, 0.15) is 15.9 Å².